The van der Waals surface area contributed by atoms with E-state index < -0.39 is 66.4 Å². The summed E-state index contributed by atoms with van der Waals surface area (Å²) in [7, 11) is 0. The van der Waals surface area contributed by atoms with Crippen molar-refractivity contribution < 1.29 is 44.4 Å². The molecule has 3 amide bonds. The van der Waals surface area contributed by atoms with Gasteiger partial charge in [-0.3, -0.25) is 24.2 Å². The molecule has 0 saturated heterocycles. The smallest absolute Gasteiger partial charge is 0.326 e. The van der Waals surface area contributed by atoms with Gasteiger partial charge in [0.2, 0.25) is 17.7 Å². The number of carbonyl (C=O) groups is 5. The van der Waals surface area contributed by atoms with Crippen molar-refractivity contribution in [2.45, 2.75) is 62.9 Å². The topological polar surface area (TPSA) is 293 Å². The number of aliphatic hydroxyl groups is 1. The Bertz CT molecular complexity index is 1040. The van der Waals surface area contributed by atoms with E-state index >= 15 is 0 Å². The third-order valence-electron chi connectivity index (χ3n) is 5.36. The van der Waals surface area contributed by atoms with E-state index in [0.29, 0.717) is 5.56 Å². The lowest BCUT2D eigenvalue weighted by molar-refractivity contribution is -0.148. The number of aromatic hydroxyl groups is 1. The first-order valence-electron chi connectivity index (χ1n) is 11.8. The molecule has 0 aliphatic rings. The second-order valence-corrected chi connectivity index (χ2v) is 8.71. The first-order chi connectivity index (χ1) is 18.2. The lowest BCUT2D eigenvalue weighted by Gasteiger charge is -2.26. The molecule has 5 atom stereocenters. The standard InChI is InChI=1S/C23H35N7O9/c1-11(31)18(21(37)29-16(22(38)39)10-17(33)34)30-20(36)15(3-2-8-27-23(25)26)28-19(35)14(24)9-12-4-6-13(32)7-5-12/h4-7,11,14-16,18,31-32H,2-3,8-10,24H2,1H3,(H,28,35)(H,29,37)(H,30,36)(H,33,34)(H,38,39)(H4,25,26,27). The van der Waals surface area contributed by atoms with Gasteiger partial charge in [0.25, 0.3) is 0 Å². The number of phenolic OH excluding ortho intramolecular Hbond substituents is 1. The molecule has 0 aliphatic heterocycles. The molecule has 39 heavy (non-hydrogen) atoms. The van der Waals surface area contributed by atoms with E-state index in [0.717, 1.165) is 6.92 Å². The zero-order valence-corrected chi connectivity index (χ0v) is 21.2. The van der Waals surface area contributed by atoms with Crippen LogP contribution in [0, 0.1) is 0 Å². The Labute approximate surface area is 223 Å². The van der Waals surface area contributed by atoms with Crippen molar-refractivity contribution in [1.82, 2.24) is 16.0 Å². The molecule has 16 heteroatoms. The number of carbonyl (C=O) groups excluding carboxylic acids is 3. The third kappa shape index (κ3) is 12.1. The van der Waals surface area contributed by atoms with Crippen molar-refractivity contribution in [2.75, 3.05) is 6.54 Å². The van der Waals surface area contributed by atoms with Crippen molar-refractivity contribution in [3.63, 3.8) is 0 Å². The molecule has 0 spiro atoms. The largest absolute Gasteiger partial charge is 0.508 e. The van der Waals surface area contributed by atoms with Gasteiger partial charge in [-0.05, 0) is 43.9 Å². The van der Waals surface area contributed by atoms with Gasteiger partial charge in [-0.1, -0.05) is 12.1 Å². The minimum Gasteiger partial charge on any atom is -0.508 e. The van der Waals surface area contributed by atoms with Crippen LogP contribution in [0.5, 0.6) is 5.75 Å². The van der Waals surface area contributed by atoms with Gasteiger partial charge in [0, 0.05) is 6.54 Å². The second-order valence-electron chi connectivity index (χ2n) is 8.71. The van der Waals surface area contributed by atoms with Crippen molar-refractivity contribution in [1.29, 1.82) is 0 Å². The molecule has 1 aromatic carbocycles. The number of hydrogen-bond donors (Lipinski definition) is 10. The fourth-order valence-electron chi connectivity index (χ4n) is 3.33. The molecule has 0 bridgehead atoms. The van der Waals surface area contributed by atoms with Gasteiger partial charge in [-0.15, -0.1) is 0 Å². The maximum atomic E-state index is 13.1. The predicted octanol–water partition coefficient (Wildman–Crippen LogP) is -3.29. The Morgan fingerprint density at radius 2 is 1.51 bits per heavy atom. The highest BCUT2D eigenvalue weighted by Crippen LogP contribution is 2.11. The SMILES string of the molecule is CC(O)C(NC(=O)C(CCCN=C(N)N)NC(=O)C(N)Cc1ccc(O)cc1)C(=O)NC(CC(=O)O)C(=O)O. The second kappa shape index (κ2) is 15.7. The van der Waals surface area contributed by atoms with Crippen LogP contribution in [0.3, 0.4) is 0 Å². The third-order valence-corrected chi connectivity index (χ3v) is 5.36. The number of rotatable bonds is 16. The summed E-state index contributed by atoms with van der Waals surface area (Å²) >= 11 is 0. The number of amides is 3. The van der Waals surface area contributed by atoms with E-state index in [9.17, 15) is 34.2 Å². The Morgan fingerprint density at radius 3 is 2.03 bits per heavy atom. The minimum absolute atomic E-state index is 0.00873. The number of aliphatic imine (C=N–C) groups is 1. The summed E-state index contributed by atoms with van der Waals surface area (Å²) in [6.45, 7) is 1.26. The average molecular weight is 554 g/mol. The van der Waals surface area contributed by atoms with Gasteiger partial charge < -0.3 is 53.6 Å². The number of phenols is 1. The zero-order valence-electron chi connectivity index (χ0n) is 21.2. The molecule has 0 saturated carbocycles. The van der Waals surface area contributed by atoms with Crippen LogP contribution in [-0.4, -0.2) is 92.9 Å². The van der Waals surface area contributed by atoms with E-state index in [2.05, 4.69) is 15.6 Å². The minimum atomic E-state index is -1.82. The normalized spacial score (nSPS) is 14.5. The van der Waals surface area contributed by atoms with Crippen molar-refractivity contribution in [3.8, 4) is 5.75 Å². The maximum Gasteiger partial charge on any atom is 0.326 e. The average Bonchev–Trinajstić information content (AvgIpc) is 2.84. The molecule has 0 radical (unpaired) electrons. The fourth-order valence-corrected chi connectivity index (χ4v) is 3.33. The number of carboxylic acid groups (broad SMARTS) is 2. The van der Waals surface area contributed by atoms with Gasteiger partial charge in [-0.2, -0.15) is 0 Å². The first-order valence-corrected chi connectivity index (χ1v) is 11.8. The molecular weight excluding hydrogens is 518 g/mol. The van der Waals surface area contributed by atoms with Crippen molar-refractivity contribution in [2.24, 2.45) is 22.2 Å². The number of aliphatic hydroxyl groups excluding tert-OH is 1. The Balaban J connectivity index is 3.01. The van der Waals surface area contributed by atoms with E-state index in [1.807, 2.05) is 5.32 Å². The number of aliphatic carboxylic acids is 2. The van der Waals surface area contributed by atoms with Crippen molar-refractivity contribution in [3.05, 3.63) is 29.8 Å². The molecule has 0 fully saturated rings. The molecule has 0 heterocycles. The lowest BCUT2D eigenvalue weighted by Crippen LogP contribution is -2.60. The number of guanidine groups is 1. The molecule has 0 aliphatic carbocycles. The monoisotopic (exact) mass is 553 g/mol. The lowest BCUT2D eigenvalue weighted by atomic mass is 10.0. The summed E-state index contributed by atoms with van der Waals surface area (Å²) in [5.41, 5.74) is 17.2. The van der Waals surface area contributed by atoms with Crippen LogP contribution in [0.15, 0.2) is 29.3 Å². The Kier molecular flexibility index (Phi) is 13.1. The van der Waals surface area contributed by atoms with Crippen LogP contribution in [0.2, 0.25) is 0 Å². The fraction of sp³-hybridized carbons (Fsp3) is 0.478. The summed E-state index contributed by atoms with van der Waals surface area (Å²) in [5.74, 6) is -6.05. The van der Waals surface area contributed by atoms with E-state index in [1.165, 1.54) is 12.1 Å². The number of nitrogens with one attached hydrogen (secondary N) is 3. The Hall–Kier alpha value is -4.44. The number of nitrogens with zero attached hydrogens (tertiary/aromatic N) is 1. The van der Waals surface area contributed by atoms with Crippen LogP contribution in [0.1, 0.15) is 31.7 Å². The summed E-state index contributed by atoms with van der Waals surface area (Å²) in [5, 5.41) is 44.2. The number of carboxylic acids is 2. The summed E-state index contributed by atoms with van der Waals surface area (Å²) in [6.07, 6.45) is -2.18. The molecule has 16 nitrogen and oxygen atoms in total. The summed E-state index contributed by atoms with van der Waals surface area (Å²) in [4.78, 5) is 64.4. The highest BCUT2D eigenvalue weighted by molar-refractivity contribution is 5.95. The van der Waals surface area contributed by atoms with E-state index in [4.69, 9.17) is 27.4 Å². The van der Waals surface area contributed by atoms with Gasteiger partial charge in [0.05, 0.1) is 18.6 Å². The molecule has 1 aromatic rings. The van der Waals surface area contributed by atoms with Gasteiger partial charge in [0.1, 0.15) is 23.9 Å². The number of hydrogen-bond acceptors (Lipinski definition) is 9. The van der Waals surface area contributed by atoms with Crippen LogP contribution >= 0.6 is 0 Å². The zero-order chi connectivity index (χ0) is 29.7. The highest BCUT2D eigenvalue weighted by Gasteiger charge is 2.33. The highest BCUT2D eigenvalue weighted by atomic mass is 16.4. The maximum absolute atomic E-state index is 13.1. The predicted molar refractivity (Wildman–Crippen MR) is 137 cm³/mol. The van der Waals surface area contributed by atoms with Gasteiger partial charge in [-0.25, -0.2) is 4.79 Å². The first kappa shape index (κ1) is 32.6. The number of benzene rings is 1. The molecule has 13 N–H and O–H groups in total. The Morgan fingerprint density at radius 1 is 0.923 bits per heavy atom. The van der Waals surface area contributed by atoms with Crippen LogP contribution in [-0.2, 0) is 30.4 Å². The molecule has 216 valence electrons. The quantitative estimate of drug-likeness (QED) is 0.0547. The number of nitrogens with two attached hydrogens (primary N) is 3. The molecule has 0 aromatic heterocycles. The molecule has 5 unspecified atom stereocenters. The van der Waals surface area contributed by atoms with Crippen LogP contribution in [0.25, 0.3) is 0 Å². The van der Waals surface area contributed by atoms with Crippen LogP contribution in [0.4, 0.5) is 0 Å². The summed E-state index contributed by atoms with van der Waals surface area (Å²) in [6, 6.07) is 0.132. The van der Waals surface area contributed by atoms with Gasteiger partial charge >= 0.3 is 11.9 Å². The molecule has 1 rings (SSSR count). The summed E-state index contributed by atoms with van der Waals surface area (Å²) < 4.78 is 0. The molecular formula is C23H35N7O9. The van der Waals surface area contributed by atoms with E-state index in [1.54, 1.807) is 12.1 Å². The van der Waals surface area contributed by atoms with Crippen molar-refractivity contribution >= 4 is 35.6 Å². The van der Waals surface area contributed by atoms with E-state index in [-0.39, 0.29) is 37.5 Å². The van der Waals surface area contributed by atoms with Gasteiger partial charge in [0.15, 0.2) is 5.96 Å². The van der Waals surface area contributed by atoms with Crippen LogP contribution < -0.4 is 33.2 Å².